The van der Waals surface area contributed by atoms with Gasteiger partial charge in [-0.05, 0) is 19.4 Å². The number of rotatable bonds is 9. The molecular weight excluding hydrogens is 212 g/mol. The Morgan fingerprint density at radius 1 is 1.53 bits per heavy atom. The summed E-state index contributed by atoms with van der Waals surface area (Å²) in [6.07, 6.45) is 2.73. The van der Waals surface area contributed by atoms with Crippen molar-refractivity contribution in [2.45, 2.75) is 19.4 Å². The first-order valence-corrected chi connectivity index (χ1v) is 7.24. The number of hydrogen-bond donors (Lipinski definition) is 0. The molecule has 0 aromatic heterocycles. The van der Waals surface area contributed by atoms with Gasteiger partial charge in [0.25, 0.3) is 0 Å². The van der Waals surface area contributed by atoms with Crippen LogP contribution in [0.15, 0.2) is 12.7 Å². The van der Waals surface area contributed by atoms with Crippen molar-refractivity contribution < 1.29 is 18.7 Å². The standard InChI is InChI=1S/C10H20O4Si/c1-4-10(11)14-7-6-8-15(12-3)9-13-5-2/h4,15H,1,5-9H2,2-3H3. The quantitative estimate of drug-likeness (QED) is 0.258. The molecule has 5 heteroatoms. The third kappa shape index (κ3) is 8.35. The molecule has 88 valence electrons. The van der Waals surface area contributed by atoms with E-state index in [0.717, 1.165) is 25.3 Å². The summed E-state index contributed by atoms with van der Waals surface area (Å²) in [6, 6.07) is 0.959. The van der Waals surface area contributed by atoms with Gasteiger partial charge in [-0.3, -0.25) is 0 Å². The molecule has 0 rings (SSSR count). The second-order valence-electron chi connectivity index (χ2n) is 3.03. The van der Waals surface area contributed by atoms with E-state index in [0.29, 0.717) is 6.61 Å². The lowest BCUT2D eigenvalue weighted by atomic mass is 10.5. The predicted molar refractivity (Wildman–Crippen MR) is 61.2 cm³/mol. The molecule has 1 unspecified atom stereocenters. The lowest BCUT2D eigenvalue weighted by molar-refractivity contribution is -0.137. The first-order valence-electron chi connectivity index (χ1n) is 5.14. The van der Waals surface area contributed by atoms with Gasteiger partial charge in [-0.25, -0.2) is 4.79 Å². The largest absolute Gasteiger partial charge is 0.463 e. The van der Waals surface area contributed by atoms with Gasteiger partial charge in [-0.15, -0.1) is 0 Å². The third-order valence-corrected chi connectivity index (χ3v) is 4.25. The zero-order valence-electron chi connectivity index (χ0n) is 9.53. The molecule has 15 heavy (non-hydrogen) atoms. The maximum Gasteiger partial charge on any atom is 0.330 e. The molecule has 0 saturated heterocycles. The lowest BCUT2D eigenvalue weighted by Gasteiger charge is -2.12. The van der Waals surface area contributed by atoms with Crippen molar-refractivity contribution in [2.75, 3.05) is 26.6 Å². The van der Waals surface area contributed by atoms with Crippen LogP contribution in [0.4, 0.5) is 0 Å². The highest BCUT2D eigenvalue weighted by atomic mass is 28.3. The van der Waals surface area contributed by atoms with Gasteiger partial charge in [0, 0.05) is 19.8 Å². The Morgan fingerprint density at radius 3 is 2.80 bits per heavy atom. The molecule has 0 aromatic rings. The van der Waals surface area contributed by atoms with Crippen LogP contribution in [-0.4, -0.2) is 41.6 Å². The highest BCUT2D eigenvalue weighted by molar-refractivity contribution is 6.51. The summed E-state index contributed by atoms with van der Waals surface area (Å²) >= 11 is 0. The zero-order chi connectivity index (χ0) is 11.5. The molecule has 0 fully saturated rings. The van der Waals surface area contributed by atoms with E-state index < -0.39 is 9.04 Å². The maximum atomic E-state index is 10.7. The summed E-state index contributed by atoms with van der Waals surface area (Å²) in [5, 5.41) is 0. The molecule has 0 spiro atoms. The summed E-state index contributed by atoms with van der Waals surface area (Å²) in [5.41, 5.74) is 0. The minimum absolute atomic E-state index is 0.365. The van der Waals surface area contributed by atoms with Gasteiger partial charge in [0.15, 0.2) is 0 Å². The second kappa shape index (κ2) is 9.89. The first-order chi connectivity index (χ1) is 7.24. The fraction of sp³-hybridized carbons (Fsp3) is 0.700. The zero-order valence-corrected chi connectivity index (χ0v) is 10.7. The molecule has 0 radical (unpaired) electrons. The van der Waals surface area contributed by atoms with Crippen LogP contribution in [-0.2, 0) is 18.7 Å². The van der Waals surface area contributed by atoms with Crippen molar-refractivity contribution in [1.82, 2.24) is 0 Å². The highest BCUT2D eigenvalue weighted by Gasteiger charge is 2.10. The fourth-order valence-corrected chi connectivity index (χ4v) is 2.72. The van der Waals surface area contributed by atoms with E-state index in [1.165, 1.54) is 6.08 Å². The van der Waals surface area contributed by atoms with E-state index in [1.54, 1.807) is 7.11 Å². The lowest BCUT2D eigenvalue weighted by Crippen LogP contribution is -2.24. The average molecular weight is 232 g/mol. The van der Waals surface area contributed by atoms with E-state index in [1.807, 2.05) is 6.92 Å². The molecule has 0 heterocycles. The van der Waals surface area contributed by atoms with Crippen molar-refractivity contribution in [3.05, 3.63) is 12.7 Å². The van der Waals surface area contributed by atoms with Gasteiger partial charge in [0.1, 0.15) is 0 Å². The first kappa shape index (κ1) is 14.3. The Kier molecular flexibility index (Phi) is 9.45. The van der Waals surface area contributed by atoms with Crippen LogP contribution in [0, 0.1) is 0 Å². The molecule has 4 nitrogen and oxygen atoms in total. The van der Waals surface area contributed by atoms with Crippen LogP contribution in [0.1, 0.15) is 13.3 Å². The topological polar surface area (TPSA) is 44.8 Å². The van der Waals surface area contributed by atoms with Crippen LogP contribution in [0.3, 0.4) is 0 Å². The molecule has 0 amide bonds. The Bertz CT molecular complexity index is 184. The summed E-state index contributed by atoms with van der Waals surface area (Å²) < 4.78 is 15.5. The predicted octanol–water partition coefficient (Wildman–Crippen LogP) is 1.05. The Labute approximate surface area is 92.9 Å². The molecule has 1 atom stereocenters. The van der Waals surface area contributed by atoms with Crippen LogP contribution in [0.25, 0.3) is 0 Å². The number of ether oxygens (including phenoxy) is 2. The summed E-state index contributed by atoms with van der Waals surface area (Å²) in [7, 11) is 0.472. The molecule has 0 saturated carbocycles. The Hall–Kier alpha value is -0.653. The summed E-state index contributed by atoms with van der Waals surface area (Å²) in [4.78, 5) is 10.7. The van der Waals surface area contributed by atoms with Gasteiger partial charge in [-0.1, -0.05) is 6.58 Å². The van der Waals surface area contributed by atoms with Gasteiger partial charge in [0.2, 0.25) is 9.04 Å². The van der Waals surface area contributed by atoms with E-state index in [-0.39, 0.29) is 5.97 Å². The number of carbonyl (C=O) groups is 1. The van der Waals surface area contributed by atoms with E-state index in [2.05, 4.69) is 6.58 Å². The van der Waals surface area contributed by atoms with Gasteiger partial charge < -0.3 is 13.9 Å². The molecular formula is C10H20O4Si. The Balaban J connectivity index is 3.45. The molecule has 0 aliphatic heterocycles. The molecule has 0 aliphatic carbocycles. The maximum absolute atomic E-state index is 10.7. The van der Waals surface area contributed by atoms with Crippen molar-refractivity contribution in [2.24, 2.45) is 0 Å². The van der Waals surface area contributed by atoms with Crippen molar-refractivity contribution in [3.63, 3.8) is 0 Å². The second-order valence-corrected chi connectivity index (χ2v) is 5.66. The van der Waals surface area contributed by atoms with E-state index in [4.69, 9.17) is 13.9 Å². The average Bonchev–Trinajstić information content (AvgIpc) is 2.27. The summed E-state index contributed by atoms with van der Waals surface area (Å²) in [6.45, 7) is 6.44. The van der Waals surface area contributed by atoms with Gasteiger partial charge >= 0.3 is 5.97 Å². The van der Waals surface area contributed by atoms with Gasteiger partial charge in [-0.2, -0.15) is 0 Å². The highest BCUT2D eigenvalue weighted by Crippen LogP contribution is 2.00. The Morgan fingerprint density at radius 2 is 2.27 bits per heavy atom. The minimum Gasteiger partial charge on any atom is -0.463 e. The van der Waals surface area contributed by atoms with Crippen LogP contribution < -0.4 is 0 Å². The number of esters is 1. The molecule has 0 N–H and O–H groups in total. The van der Waals surface area contributed by atoms with Crippen molar-refractivity contribution >= 4 is 15.0 Å². The summed E-state index contributed by atoms with van der Waals surface area (Å²) in [5.74, 6) is -0.365. The molecule has 0 aromatic carbocycles. The SMILES string of the molecule is C=CC(=O)OCCC[SiH](COCC)OC. The minimum atomic E-state index is -1.24. The van der Waals surface area contributed by atoms with Crippen LogP contribution in [0.5, 0.6) is 0 Å². The van der Waals surface area contributed by atoms with Crippen LogP contribution in [0.2, 0.25) is 6.04 Å². The molecule has 0 aliphatic rings. The number of carbonyl (C=O) groups excluding carboxylic acids is 1. The van der Waals surface area contributed by atoms with Crippen molar-refractivity contribution in [1.29, 1.82) is 0 Å². The fourth-order valence-electron chi connectivity index (χ4n) is 1.06. The smallest absolute Gasteiger partial charge is 0.330 e. The number of hydrogen-bond acceptors (Lipinski definition) is 4. The molecule has 0 bridgehead atoms. The third-order valence-electron chi connectivity index (χ3n) is 1.92. The normalized spacial score (nSPS) is 12.1. The van der Waals surface area contributed by atoms with Gasteiger partial charge in [0.05, 0.1) is 12.8 Å². The van der Waals surface area contributed by atoms with Crippen LogP contribution >= 0.6 is 0 Å². The van der Waals surface area contributed by atoms with E-state index in [9.17, 15) is 4.79 Å². The monoisotopic (exact) mass is 232 g/mol. The van der Waals surface area contributed by atoms with Crippen molar-refractivity contribution in [3.8, 4) is 0 Å². The van der Waals surface area contributed by atoms with E-state index >= 15 is 0 Å².